The molecule has 1 aromatic carbocycles. The van der Waals surface area contributed by atoms with E-state index in [1.165, 1.54) is 0 Å². The van der Waals surface area contributed by atoms with E-state index in [-0.39, 0.29) is 11.4 Å². The standard InChI is InChI=1S/C20H25N3O3/c1-19(2,3)23-15(11-14(22-23)12-6-7-12)18(24)21-13-8-9-16-17(10-13)26-20(4,5)25-16/h8-12H,6-7H2,1-5H3,(H,21,24). The third-order valence-electron chi connectivity index (χ3n) is 4.51. The predicted octanol–water partition coefficient (Wildman–Crippen LogP) is 4.28. The zero-order valence-corrected chi connectivity index (χ0v) is 15.9. The Morgan fingerprint density at radius 2 is 1.88 bits per heavy atom. The maximum absolute atomic E-state index is 12.9. The number of rotatable bonds is 3. The van der Waals surface area contributed by atoms with E-state index in [9.17, 15) is 4.79 Å². The number of fused-ring (bicyclic) bond motifs is 1. The summed E-state index contributed by atoms with van der Waals surface area (Å²) in [7, 11) is 0. The molecule has 1 N–H and O–H groups in total. The van der Waals surface area contributed by atoms with Crippen LogP contribution in [0.1, 0.15) is 69.6 Å². The third kappa shape index (κ3) is 3.16. The molecule has 1 fully saturated rings. The minimum absolute atomic E-state index is 0.169. The summed E-state index contributed by atoms with van der Waals surface area (Å²) in [6, 6.07) is 7.35. The average molecular weight is 355 g/mol. The Morgan fingerprint density at radius 3 is 2.54 bits per heavy atom. The third-order valence-corrected chi connectivity index (χ3v) is 4.51. The van der Waals surface area contributed by atoms with Gasteiger partial charge in [-0.3, -0.25) is 9.48 Å². The van der Waals surface area contributed by atoms with Gasteiger partial charge in [-0.15, -0.1) is 0 Å². The van der Waals surface area contributed by atoms with Crippen molar-refractivity contribution in [3.63, 3.8) is 0 Å². The van der Waals surface area contributed by atoms with E-state index in [4.69, 9.17) is 14.6 Å². The Bertz CT molecular complexity index is 873. The summed E-state index contributed by atoms with van der Waals surface area (Å²) < 4.78 is 13.3. The summed E-state index contributed by atoms with van der Waals surface area (Å²) in [6.45, 7) is 9.86. The summed E-state index contributed by atoms with van der Waals surface area (Å²) in [5, 5.41) is 7.66. The van der Waals surface area contributed by atoms with Gasteiger partial charge in [0.25, 0.3) is 5.91 Å². The number of anilines is 1. The molecule has 0 saturated heterocycles. The van der Waals surface area contributed by atoms with Crippen LogP contribution in [0.15, 0.2) is 24.3 Å². The second-order valence-corrected chi connectivity index (χ2v) is 8.53. The van der Waals surface area contributed by atoms with Gasteiger partial charge in [0.05, 0.1) is 11.2 Å². The highest BCUT2D eigenvalue weighted by molar-refractivity contribution is 6.03. The fourth-order valence-corrected chi connectivity index (χ4v) is 3.15. The van der Waals surface area contributed by atoms with Crippen molar-refractivity contribution in [1.29, 1.82) is 0 Å². The van der Waals surface area contributed by atoms with Crippen molar-refractivity contribution >= 4 is 11.6 Å². The van der Waals surface area contributed by atoms with Crippen molar-refractivity contribution in [3.05, 3.63) is 35.7 Å². The molecule has 1 aromatic heterocycles. The van der Waals surface area contributed by atoms with Crippen molar-refractivity contribution in [2.24, 2.45) is 0 Å². The number of carbonyl (C=O) groups excluding carboxylic acids is 1. The molecule has 6 nitrogen and oxygen atoms in total. The number of aromatic nitrogens is 2. The molecular weight excluding hydrogens is 330 g/mol. The van der Waals surface area contributed by atoms with Crippen LogP contribution in [0.2, 0.25) is 0 Å². The van der Waals surface area contributed by atoms with Gasteiger partial charge in [0.1, 0.15) is 5.69 Å². The Labute approximate surface area is 153 Å². The molecule has 1 aliphatic heterocycles. The minimum atomic E-state index is -0.686. The smallest absolute Gasteiger partial charge is 0.273 e. The van der Waals surface area contributed by atoms with E-state index in [2.05, 4.69) is 26.1 Å². The summed E-state index contributed by atoms with van der Waals surface area (Å²) >= 11 is 0. The highest BCUT2D eigenvalue weighted by Crippen LogP contribution is 2.41. The second kappa shape index (κ2) is 5.50. The van der Waals surface area contributed by atoms with E-state index in [1.54, 1.807) is 6.07 Å². The van der Waals surface area contributed by atoms with Gasteiger partial charge >= 0.3 is 0 Å². The van der Waals surface area contributed by atoms with Crippen molar-refractivity contribution < 1.29 is 14.3 Å². The van der Waals surface area contributed by atoms with Crippen molar-refractivity contribution in [3.8, 4) is 11.5 Å². The molecule has 1 aliphatic carbocycles. The lowest BCUT2D eigenvalue weighted by molar-refractivity contribution is -0.0431. The zero-order valence-electron chi connectivity index (χ0n) is 15.9. The number of nitrogens with one attached hydrogen (secondary N) is 1. The van der Waals surface area contributed by atoms with Crippen LogP contribution in [0.25, 0.3) is 0 Å². The average Bonchev–Trinajstić information content (AvgIpc) is 3.17. The first-order valence-electron chi connectivity index (χ1n) is 9.06. The number of amides is 1. The van der Waals surface area contributed by atoms with E-state index in [1.807, 2.05) is 36.7 Å². The molecule has 2 heterocycles. The first-order valence-corrected chi connectivity index (χ1v) is 9.06. The molecule has 26 heavy (non-hydrogen) atoms. The van der Waals surface area contributed by atoms with Gasteiger partial charge in [0.2, 0.25) is 5.79 Å². The lowest BCUT2D eigenvalue weighted by atomic mass is 10.1. The molecular formula is C20H25N3O3. The zero-order chi connectivity index (χ0) is 18.7. The molecule has 2 aromatic rings. The first-order chi connectivity index (χ1) is 12.1. The van der Waals surface area contributed by atoms with Crippen LogP contribution in [0.3, 0.4) is 0 Å². The second-order valence-electron chi connectivity index (χ2n) is 8.53. The molecule has 138 valence electrons. The minimum Gasteiger partial charge on any atom is -0.449 e. The Kier molecular flexibility index (Phi) is 3.58. The van der Waals surface area contributed by atoms with Crippen LogP contribution in [0.5, 0.6) is 11.5 Å². The van der Waals surface area contributed by atoms with Crippen LogP contribution in [-0.2, 0) is 5.54 Å². The van der Waals surface area contributed by atoms with Gasteiger partial charge in [-0.1, -0.05) is 0 Å². The van der Waals surface area contributed by atoms with E-state index < -0.39 is 5.79 Å². The molecule has 0 bridgehead atoms. The van der Waals surface area contributed by atoms with Gasteiger partial charge in [0.15, 0.2) is 11.5 Å². The molecule has 0 atom stereocenters. The predicted molar refractivity (Wildman–Crippen MR) is 98.9 cm³/mol. The number of hydrogen-bond acceptors (Lipinski definition) is 4. The monoisotopic (exact) mass is 355 g/mol. The highest BCUT2D eigenvalue weighted by atomic mass is 16.7. The highest BCUT2D eigenvalue weighted by Gasteiger charge is 2.33. The number of carbonyl (C=O) groups is 1. The largest absolute Gasteiger partial charge is 0.449 e. The van der Waals surface area contributed by atoms with Gasteiger partial charge in [-0.05, 0) is 51.8 Å². The Morgan fingerprint density at radius 1 is 1.19 bits per heavy atom. The number of nitrogens with zero attached hydrogens (tertiary/aromatic N) is 2. The lowest BCUT2D eigenvalue weighted by Crippen LogP contribution is -2.29. The molecule has 0 spiro atoms. The van der Waals surface area contributed by atoms with Gasteiger partial charge in [-0.25, -0.2) is 0 Å². The normalized spacial score (nSPS) is 18.0. The molecule has 1 amide bonds. The quantitative estimate of drug-likeness (QED) is 0.893. The molecule has 1 saturated carbocycles. The lowest BCUT2D eigenvalue weighted by Gasteiger charge is -2.22. The van der Waals surface area contributed by atoms with Crippen LogP contribution in [0, 0.1) is 0 Å². The number of ether oxygens (including phenoxy) is 2. The summed E-state index contributed by atoms with van der Waals surface area (Å²) in [5.74, 6) is 0.963. The molecule has 2 aliphatic rings. The summed E-state index contributed by atoms with van der Waals surface area (Å²) in [4.78, 5) is 12.9. The first kappa shape index (κ1) is 16.9. The molecule has 6 heteroatoms. The van der Waals surface area contributed by atoms with Crippen molar-refractivity contribution in [2.45, 2.75) is 64.7 Å². The van der Waals surface area contributed by atoms with Crippen LogP contribution >= 0.6 is 0 Å². The van der Waals surface area contributed by atoms with Crippen LogP contribution < -0.4 is 14.8 Å². The summed E-state index contributed by atoms with van der Waals surface area (Å²) in [6.07, 6.45) is 2.31. The maximum Gasteiger partial charge on any atom is 0.273 e. The Hall–Kier alpha value is -2.50. The van der Waals surface area contributed by atoms with Gasteiger partial charge in [-0.2, -0.15) is 5.10 Å². The topological polar surface area (TPSA) is 65.4 Å². The number of benzene rings is 1. The van der Waals surface area contributed by atoms with E-state index in [0.717, 1.165) is 18.5 Å². The van der Waals surface area contributed by atoms with Crippen LogP contribution in [0.4, 0.5) is 5.69 Å². The van der Waals surface area contributed by atoms with Crippen LogP contribution in [-0.4, -0.2) is 21.5 Å². The molecule has 0 radical (unpaired) electrons. The number of hydrogen-bond donors (Lipinski definition) is 1. The summed E-state index contributed by atoms with van der Waals surface area (Å²) in [5.41, 5.74) is 2.00. The fraction of sp³-hybridized carbons (Fsp3) is 0.500. The van der Waals surface area contributed by atoms with Gasteiger partial charge < -0.3 is 14.8 Å². The van der Waals surface area contributed by atoms with Crippen molar-refractivity contribution in [1.82, 2.24) is 9.78 Å². The van der Waals surface area contributed by atoms with E-state index >= 15 is 0 Å². The fourth-order valence-electron chi connectivity index (χ4n) is 3.15. The van der Waals surface area contributed by atoms with Crippen molar-refractivity contribution in [2.75, 3.05) is 5.32 Å². The van der Waals surface area contributed by atoms with E-state index in [0.29, 0.717) is 28.8 Å². The van der Waals surface area contributed by atoms with Gasteiger partial charge in [0, 0.05) is 31.5 Å². The molecule has 4 rings (SSSR count). The maximum atomic E-state index is 12.9. The molecule has 0 unspecified atom stereocenters. The Balaban J connectivity index is 1.60. The SMILES string of the molecule is CC1(C)Oc2ccc(NC(=O)c3cc(C4CC4)nn3C(C)(C)C)cc2O1.